The Labute approximate surface area is 272 Å². The Hall–Kier alpha value is -3.39. The van der Waals surface area contributed by atoms with Crippen LogP contribution >= 0.6 is 0 Å². The molecule has 1 radical (unpaired) electrons. The number of aromatic nitrogens is 2. The standard InChI is InChI=1S/C27H30N.C13H12N.Ir/c1-25(2,3)19-14-15-28-24(17-19)18-12-13-23-21(16-18)20-10-8-9-11-22(20)26(4,5)27(23,6)7;1-10-8-13(14-9-11(10)2)12-6-4-3-5-7-12;/h8-11,13-17H,1-7H3;3-6,8-9H,1-2H3;/q2*-1;. The minimum Gasteiger partial charge on any atom is -0.305 e. The molecule has 3 heteroatoms. The quantitative estimate of drug-likeness (QED) is 0.168. The van der Waals surface area contributed by atoms with E-state index < -0.39 is 0 Å². The first-order chi connectivity index (χ1) is 19.8. The van der Waals surface area contributed by atoms with Crippen molar-refractivity contribution >= 4 is 0 Å². The fraction of sp³-hybridized carbons (Fsp3) is 0.300. The summed E-state index contributed by atoms with van der Waals surface area (Å²) in [6.45, 7) is 20.3. The number of benzene rings is 3. The van der Waals surface area contributed by atoms with E-state index in [1.165, 1.54) is 38.9 Å². The number of hydrogen-bond acceptors (Lipinski definition) is 2. The molecular weight excluding hydrogens is 701 g/mol. The Morgan fingerprint density at radius 2 is 1.33 bits per heavy atom. The first-order valence-corrected chi connectivity index (χ1v) is 14.8. The Morgan fingerprint density at radius 3 is 2.00 bits per heavy atom. The van der Waals surface area contributed by atoms with E-state index in [1.807, 2.05) is 36.7 Å². The summed E-state index contributed by atoms with van der Waals surface area (Å²) < 4.78 is 0. The molecule has 0 N–H and O–H groups in total. The summed E-state index contributed by atoms with van der Waals surface area (Å²) >= 11 is 0. The van der Waals surface area contributed by atoms with E-state index in [1.54, 1.807) is 0 Å². The smallest absolute Gasteiger partial charge is 0.0192 e. The fourth-order valence-corrected chi connectivity index (χ4v) is 5.68. The van der Waals surface area contributed by atoms with Crippen LogP contribution in [0.5, 0.6) is 0 Å². The topological polar surface area (TPSA) is 25.8 Å². The van der Waals surface area contributed by atoms with Gasteiger partial charge in [0.2, 0.25) is 0 Å². The van der Waals surface area contributed by atoms with Crippen LogP contribution < -0.4 is 0 Å². The van der Waals surface area contributed by atoms with Crippen molar-refractivity contribution < 1.29 is 20.1 Å². The van der Waals surface area contributed by atoms with Crippen molar-refractivity contribution in [3.8, 4) is 33.6 Å². The van der Waals surface area contributed by atoms with Crippen LogP contribution in [0, 0.1) is 26.0 Å². The summed E-state index contributed by atoms with van der Waals surface area (Å²) in [5, 5.41) is 0. The van der Waals surface area contributed by atoms with Crippen LogP contribution in [0.15, 0.2) is 91.3 Å². The molecule has 0 unspecified atom stereocenters. The van der Waals surface area contributed by atoms with Gasteiger partial charge < -0.3 is 9.97 Å². The van der Waals surface area contributed by atoms with E-state index in [0.717, 1.165) is 22.5 Å². The second-order valence-electron chi connectivity index (χ2n) is 13.6. The molecule has 3 aromatic carbocycles. The van der Waals surface area contributed by atoms with Crippen LogP contribution in [-0.4, -0.2) is 9.97 Å². The zero-order chi connectivity index (χ0) is 30.3. The van der Waals surface area contributed by atoms with Crippen LogP contribution in [-0.2, 0) is 36.4 Å². The number of pyridine rings is 2. The van der Waals surface area contributed by atoms with Crippen LogP contribution in [0.2, 0.25) is 0 Å². The van der Waals surface area contributed by atoms with Crippen molar-refractivity contribution in [1.29, 1.82) is 0 Å². The molecule has 0 aliphatic heterocycles. The largest absolute Gasteiger partial charge is 0.305 e. The molecule has 223 valence electrons. The summed E-state index contributed by atoms with van der Waals surface area (Å²) in [4.78, 5) is 9.04. The fourth-order valence-electron chi connectivity index (χ4n) is 5.68. The average molecular weight is 743 g/mol. The molecule has 2 aromatic heterocycles. The summed E-state index contributed by atoms with van der Waals surface area (Å²) in [7, 11) is 0. The van der Waals surface area contributed by atoms with Crippen molar-refractivity contribution in [1.82, 2.24) is 9.97 Å². The van der Waals surface area contributed by atoms with E-state index in [4.69, 9.17) is 0 Å². The Bertz CT molecular complexity index is 1730. The molecular formula is C40H42IrN2-2. The van der Waals surface area contributed by atoms with E-state index in [-0.39, 0.29) is 36.4 Å². The molecule has 6 rings (SSSR count). The molecule has 5 aromatic rings. The summed E-state index contributed by atoms with van der Waals surface area (Å²) in [6, 6.07) is 34.4. The van der Waals surface area contributed by atoms with Crippen molar-refractivity contribution in [3.05, 3.63) is 131 Å². The molecule has 0 saturated carbocycles. The van der Waals surface area contributed by atoms with Gasteiger partial charge in [0.05, 0.1) is 0 Å². The molecule has 1 aliphatic carbocycles. The maximum absolute atomic E-state index is 4.66. The third-order valence-electron chi connectivity index (χ3n) is 9.34. The van der Waals surface area contributed by atoms with Crippen LogP contribution in [0.25, 0.3) is 33.6 Å². The van der Waals surface area contributed by atoms with Gasteiger partial charge in [-0.25, -0.2) is 0 Å². The first kappa shape index (κ1) is 32.5. The molecule has 2 nitrogen and oxygen atoms in total. The second-order valence-corrected chi connectivity index (χ2v) is 13.6. The normalized spacial score (nSPS) is 14.3. The zero-order valence-corrected chi connectivity index (χ0v) is 29.3. The average Bonchev–Trinajstić information content (AvgIpc) is 2.98. The van der Waals surface area contributed by atoms with Gasteiger partial charge in [0.1, 0.15) is 0 Å². The van der Waals surface area contributed by atoms with Gasteiger partial charge >= 0.3 is 0 Å². The van der Waals surface area contributed by atoms with Crippen molar-refractivity contribution in [3.63, 3.8) is 0 Å². The van der Waals surface area contributed by atoms with Gasteiger partial charge in [0, 0.05) is 32.5 Å². The maximum atomic E-state index is 4.66. The van der Waals surface area contributed by atoms with Gasteiger partial charge in [-0.1, -0.05) is 96.0 Å². The Kier molecular flexibility index (Phi) is 9.31. The van der Waals surface area contributed by atoms with E-state index >= 15 is 0 Å². The van der Waals surface area contributed by atoms with Gasteiger partial charge in [-0.15, -0.1) is 65.2 Å². The first-order valence-electron chi connectivity index (χ1n) is 14.8. The Balaban J connectivity index is 0.000000238. The van der Waals surface area contributed by atoms with Crippen LogP contribution in [0.1, 0.15) is 76.3 Å². The molecule has 0 atom stereocenters. The number of nitrogens with zero attached hydrogens (tertiary/aromatic N) is 2. The van der Waals surface area contributed by atoms with Gasteiger partial charge in [0.25, 0.3) is 0 Å². The van der Waals surface area contributed by atoms with Gasteiger partial charge in [-0.05, 0) is 69.8 Å². The molecule has 0 fully saturated rings. The molecule has 2 heterocycles. The molecule has 0 amide bonds. The molecule has 0 bridgehead atoms. The van der Waals surface area contributed by atoms with Crippen molar-refractivity contribution in [2.24, 2.45) is 0 Å². The maximum Gasteiger partial charge on any atom is 0.0192 e. The van der Waals surface area contributed by atoms with Gasteiger partial charge in [-0.2, -0.15) is 0 Å². The van der Waals surface area contributed by atoms with E-state index in [0.29, 0.717) is 0 Å². The minimum absolute atomic E-state index is 0. The molecule has 0 spiro atoms. The summed E-state index contributed by atoms with van der Waals surface area (Å²) in [5.74, 6) is 0. The number of fused-ring (bicyclic) bond motifs is 3. The molecule has 1 aliphatic rings. The van der Waals surface area contributed by atoms with E-state index in [2.05, 4.69) is 139 Å². The van der Waals surface area contributed by atoms with Crippen LogP contribution in [0.4, 0.5) is 0 Å². The summed E-state index contributed by atoms with van der Waals surface area (Å²) in [5.41, 5.74) is 13.5. The Morgan fingerprint density at radius 1 is 0.651 bits per heavy atom. The van der Waals surface area contributed by atoms with Crippen molar-refractivity contribution in [2.75, 3.05) is 0 Å². The number of hydrogen-bond donors (Lipinski definition) is 0. The molecule has 0 saturated heterocycles. The predicted octanol–water partition coefficient (Wildman–Crippen LogP) is 10.2. The number of rotatable bonds is 2. The third-order valence-corrected chi connectivity index (χ3v) is 9.34. The SMILES string of the molecule is CC(C)(C)c1ccnc(-c2[c-]cc3c(c2)-c2ccccc2C(C)(C)C3(C)C)c1.Cc1cnc(-c2[c-]cccc2)cc1C.[Ir]. The van der Waals surface area contributed by atoms with Gasteiger partial charge in [-0.3, -0.25) is 0 Å². The second kappa shape index (κ2) is 12.3. The monoisotopic (exact) mass is 743 g/mol. The minimum atomic E-state index is 0. The van der Waals surface area contributed by atoms with E-state index in [9.17, 15) is 0 Å². The third kappa shape index (κ3) is 6.30. The van der Waals surface area contributed by atoms with Crippen molar-refractivity contribution in [2.45, 2.75) is 78.6 Å². The van der Waals surface area contributed by atoms with Gasteiger partial charge in [0.15, 0.2) is 0 Å². The summed E-state index contributed by atoms with van der Waals surface area (Å²) in [6.07, 6.45) is 3.83. The predicted molar refractivity (Wildman–Crippen MR) is 177 cm³/mol. The number of aryl methyl sites for hydroxylation is 2. The van der Waals surface area contributed by atoms with Crippen LogP contribution in [0.3, 0.4) is 0 Å². The molecule has 43 heavy (non-hydrogen) atoms. The zero-order valence-electron chi connectivity index (χ0n) is 26.9.